The van der Waals surface area contributed by atoms with Crippen molar-refractivity contribution in [3.05, 3.63) is 50.4 Å². The second-order valence-electron chi connectivity index (χ2n) is 4.75. The van der Waals surface area contributed by atoms with Gasteiger partial charge in [-0.15, -0.1) is 0 Å². The first kappa shape index (κ1) is 17.8. The minimum absolute atomic E-state index is 0.109. The number of hydrogen-bond donors (Lipinski definition) is 2. The average molecular weight is 372 g/mol. The molecule has 0 fully saturated rings. The number of rotatable bonds is 6. The van der Waals surface area contributed by atoms with Crippen molar-refractivity contribution in [3.8, 4) is 0 Å². The Balaban J connectivity index is 1.97. The number of hydrogen-bond acceptors (Lipinski definition) is 4. The number of halogens is 2. The second-order valence-corrected chi connectivity index (χ2v) is 6.56. The summed E-state index contributed by atoms with van der Waals surface area (Å²) in [6, 6.07) is 6.30. The molecule has 0 bridgehead atoms. The highest BCUT2D eigenvalue weighted by Crippen LogP contribution is 2.25. The maximum Gasteiger partial charge on any atom is 0.251 e. The zero-order chi connectivity index (χ0) is 16.8. The molecule has 23 heavy (non-hydrogen) atoms. The van der Waals surface area contributed by atoms with Gasteiger partial charge in [-0.3, -0.25) is 9.59 Å². The molecule has 1 heterocycles. The summed E-state index contributed by atoms with van der Waals surface area (Å²) in [6.07, 6.45) is 1.63. The van der Waals surface area contributed by atoms with Crippen molar-refractivity contribution in [1.29, 1.82) is 0 Å². The lowest BCUT2D eigenvalue weighted by Crippen LogP contribution is -2.16. The summed E-state index contributed by atoms with van der Waals surface area (Å²) in [5.74, 6) is -0.139. The van der Waals surface area contributed by atoms with Gasteiger partial charge in [-0.2, -0.15) is 0 Å². The van der Waals surface area contributed by atoms with E-state index in [1.54, 1.807) is 18.2 Å². The van der Waals surface area contributed by atoms with Gasteiger partial charge in [0.2, 0.25) is 5.91 Å². The molecule has 8 heteroatoms. The van der Waals surface area contributed by atoms with Gasteiger partial charge in [0.05, 0.1) is 16.5 Å². The Bertz CT molecular complexity index is 765. The molecule has 1 aromatic heterocycles. The zero-order valence-electron chi connectivity index (χ0n) is 12.4. The second kappa shape index (κ2) is 8.38. The highest BCUT2D eigenvalue weighted by molar-refractivity contribution is 7.99. The molecule has 0 spiro atoms. The standard InChI is InChI=1S/C15H15Cl2N3O2S/c1-2-3-10-7-13(21)20-15(18-10)23-8-14(22)19-12-5-4-9(16)6-11(12)17/h4-7H,2-3,8H2,1H3,(H,19,22)(H,18,20,21). The maximum atomic E-state index is 12.0. The molecule has 0 atom stereocenters. The van der Waals surface area contributed by atoms with Crippen LogP contribution in [0.2, 0.25) is 10.0 Å². The topological polar surface area (TPSA) is 74.8 Å². The fraction of sp³-hybridized carbons (Fsp3) is 0.267. The van der Waals surface area contributed by atoms with Crippen LogP contribution in [0.5, 0.6) is 0 Å². The number of anilines is 1. The van der Waals surface area contributed by atoms with Crippen LogP contribution in [0.25, 0.3) is 0 Å². The Morgan fingerprint density at radius 3 is 2.83 bits per heavy atom. The van der Waals surface area contributed by atoms with Crippen LogP contribution in [0.15, 0.2) is 34.2 Å². The summed E-state index contributed by atoms with van der Waals surface area (Å²) in [7, 11) is 0. The summed E-state index contributed by atoms with van der Waals surface area (Å²) in [4.78, 5) is 30.5. The Morgan fingerprint density at radius 1 is 1.35 bits per heavy atom. The largest absolute Gasteiger partial charge is 0.324 e. The number of aryl methyl sites for hydroxylation is 1. The smallest absolute Gasteiger partial charge is 0.251 e. The van der Waals surface area contributed by atoms with E-state index < -0.39 is 0 Å². The van der Waals surface area contributed by atoms with Gasteiger partial charge in [-0.25, -0.2) is 4.98 Å². The molecule has 0 unspecified atom stereocenters. The Kier molecular flexibility index (Phi) is 6.50. The summed E-state index contributed by atoms with van der Waals surface area (Å²) in [6.45, 7) is 2.01. The van der Waals surface area contributed by atoms with Gasteiger partial charge in [0.25, 0.3) is 5.56 Å². The summed E-state index contributed by atoms with van der Waals surface area (Å²) < 4.78 is 0. The molecular weight excluding hydrogens is 357 g/mol. The van der Waals surface area contributed by atoms with Crippen molar-refractivity contribution in [1.82, 2.24) is 9.97 Å². The van der Waals surface area contributed by atoms with Crippen LogP contribution in [0.1, 0.15) is 19.0 Å². The molecule has 2 N–H and O–H groups in total. The molecule has 1 amide bonds. The third-order valence-corrected chi connectivity index (χ3v) is 4.25. The number of carbonyl (C=O) groups excluding carboxylic acids is 1. The lowest BCUT2D eigenvalue weighted by molar-refractivity contribution is -0.113. The van der Waals surface area contributed by atoms with Crippen LogP contribution in [0, 0.1) is 0 Å². The monoisotopic (exact) mass is 371 g/mol. The molecule has 2 rings (SSSR count). The first-order chi connectivity index (χ1) is 11.0. The quantitative estimate of drug-likeness (QED) is 0.598. The van der Waals surface area contributed by atoms with Crippen molar-refractivity contribution in [2.45, 2.75) is 24.9 Å². The van der Waals surface area contributed by atoms with E-state index in [-0.39, 0.29) is 17.2 Å². The van der Waals surface area contributed by atoms with Crippen LogP contribution in [-0.4, -0.2) is 21.6 Å². The number of amides is 1. The van der Waals surface area contributed by atoms with Gasteiger partial charge in [0.15, 0.2) is 5.16 Å². The highest BCUT2D eigenvalue weighted by Gasteiger charge is 2.09. The van der Waals surface area contributed by atoms with E-state index in [0.717, 1.165) is 30.3 Å². The van der Waals surface area contributed by atoms with Crippen molar-refractivity contribution >= 4 is 46.6 Å². The fourth-order valence-corrected chi connectivity index (χ4v) is 3.00. The molecule has 0 aliphatic heterocycles. The van der Waals surface area contributed by atoms with Gasteiger partial charge < -0.3 is 10.3 Å². The number of carbonyl (C=O) groups is 1. The predicted octanol–water partition coefficient (Wildman–Crippen LogP) is 3.76. The molecule has 5 nitrogen and oxygen atoms in total. The van der Waals surface area contributed by atoms with Gasteiger partial charge >= 0.3 is 0 Å². The molecule has 2 aromatic rings. The van der Waals surface area contributed by atoms with E-state index in [0.29, 0.717) is 20.9 Å². The number of aromatic nitrogens is 2. The minimum atomic E-state index is -0.247. The number of nitrogens with zero attached hydrogens (tertiary/aromatic N) is 1. The Morgan fingerprint density at radius 2 is 2.13 bits per heavy atom. The molecule has 0 saturated heterocycles. The molecule has 122 valence electrons. The first-order valence-corrected chi connectivity index (χ1v) is 8.70. The third kappa shape index (κ3) is 5.57. The zero-order valence-corrected chi connectivity index (χ0v) is 14.7. The lowest BCUT2D eigenvalue weighted by atomic mass is 10.2. The van der Waals surface area contributed by atoms with Crippen LogP contribution in [0.3, 0.4) is 0 Å². The van der Waals surface area contributed by atoms with Crippen molar-refractivity contribution in [2.24, 2.45) is 0 Å². The first-order valence-electron chi connectivity index (χ1n) is 6.96. The maximum absolute atomic E-state index is 12.0. The number of aromatic amines is 1. The van der Waals surface area contributed by atoms with E-state index >= 15 is 0 Å². The van der Waals surface area contributed by atoms with Crippen molar-refractivity contribution in [3.63, 3.8) is 0 Å². The number of nitrogens with one attached hydrogen (secondary N) is 2. The Hall–Kier alpha value is -1.50. The van der Waals surface area contributed by atoms with Gasteiger partial charge in [0.1, 0.15) is 0 Å². The number of thioether (sulfide) groups is 1. The Labute approximate surface area is 147 Å². The molecular formula is C15H15Cl2N3O2S. The minimum Gasteiger partial charge on any atom is -0.324 e. The summed E-state index contributed by atoms with van der Waals surface area (Å²) in [5, 5.41) is 3.99. The average Bonchev–Trinajstić information content (AvgIpc) is 2.48. The van der Waals surface area contributed by atoms with Crippen LogP contribution in [-0.2, 0) is 11.2 Å². The normalized spacial score (nSPS) is 10.6. The van der Waals surface area contributed by atoms with E-state index in [4.69, 9.17) is 23.2 Å². The van der Waals surface area contributed by atoms with Crippen molar-refractivity contribution < 1.29 is 4.79 Å². The van der Waals surface area contributed by atoms with Crippen molar-refractivity contribution in [2.75, 3.05) is 11.1 Å². The third-order valence-electron chi connectivity index (χ3n) is 2.82. The van der Waals surface area contributed by atoms with E-state index in [1.807, 2.05) is 6.92 Å². The van der Waals surface area contributed by atoms with Crippen LogP contribution in [0.4, 0.5) is 5.69 Å². The number of H-pyrrole nitrogens is 1. The van der Waals surface area contributed by atoms with Crippen LogP contribution >= 0.6 is 35.0 Å². The SMILES string of the molecule is CCCc1cc(=O)[nH]c(SCC(=O)Nc2ccc(Cl)cc2Cl)n1. The molecule has 1 aromatic carbocycles. The highest BCUT2D eigenvalue weighted by atomic mass is 35.5. The van der Waals surface area contributed by atoms with Gasteiger partial charge in [0, 0.05) is 16.8 Å². The molecule has 0 radical (unpaired) electrons. The molecule has 0 aliphatic rings. The van der Waals surface area contributed by atoms with E-state index in [9.17, 15) is 9.59 Å². The predicted molar refractivity (Wildman–Crippen MR) is 94.7 cm³/mol. The lowest BCUT2D eigenvalue weighted by Gasteiger charge is -2.07. The van der Waals surface area contributed by atoms with E-state index in [1.165, 1.54) is 6.07 Å². The number of benzene rings is 1. The molecule has 0 aliphatic carbocycles. The summed E-state index contributed by atoms with van der Waals surface area (Å²) in [5.41, 5.74) is 0.995. The van der Waals surface area contributed by atoms with Crippen LogP contribution < -0.4 is 10.9 Å². The van der Waals surface area contributed by atoms with Gasteiger partial charge in [-0.1, -0.05) is 48.3 Å². The van der Waals surface area contributed by atoms with E-state index in [2.05, 4.69) is 15.3 Å². The van der Waals surface area contributed by atoms with Gasteiger partial charge in [-0.05, 0) is 24.6 Å². The molecule has 0 saturated carbocycles. The fourth-order valence-electron chi connectivity index (χ4n) is 1.85. The summed E-state index contributed by atoms with van der Waals surface area (Å²) >= 11 is 13.0.